The van der Waals surface area contributed by atoms with Crippen molar-refractivity contribution in [1.82, 2.24) is 0 Å². The van der Waals surface area contributed by atoms with Gasteiger partial charge >= 0.3 is 0 Å². The fraction of sp³-hybridized carbons (Fsp3) is 0.897. The molecule has 4 aliphatic carbocycles. The highest BCUT2D eigenvalue weighted by molar-refractivity contribution is 5.83. The van der Waals surface area contributed by atoms with Crippen molar-refractivity contribution in [1.29, 1.82) is 0 Å². The van der Waals surface area contributed by atoms with Crippen LogP contribution in [0.4, 0.5) is 0 Å². The van der Waals surface area contributed by atoms with Crippen molar-refractivity contribution in [2.45, 2.75) is 105 Å². The van der Waals surface area contributed by atoms with E-state index in [0.29, 0.717) is 35.4 Å². The summed E-state index contributed by atoms with van der Waals surface area (Å²) in [6.07, 6.45) is 11.7. The van der Waals surface area contributed by atoms with Crippen LogP contribution in [0.3, 0.4) is 0 Å². The molecular formula is C29H48O3. The van der Waals surface area contributed by atoms with E-state index in [0.717, 1.165) is 32.1 Å². The highest BCUT2D eigenvalue weighted by atomic mass is 16.3. The van der Waals surface area contributed by atoms with Gasteiger partial charge in [-0.2, -0.15) is 0 Å². The molecule has 0 spiro atoms. The van der Waals surface area contributed by atoms with Gasteiger partial charge < -0.3 is 10.2 Å². The van der Waals surface area contributed by atoms with Crippen molar-refractivity contribution in [2.24, 2.45) is 58.2 Å². The van der Waals surface area contributed by atoms with Crippen LogP contribution in [0.1, 0.15) is 92.9 Å². The first kappa shape index (κ1) is 24.5. The molecule has 3 nitrogen and oxygen atoms in total. The van der Waals surface area contributed by atoms with E-state index >= 15 is 0 Å². The number of hydrogen-bond donors (Lipinski definition) is 2. The summed E-state index contributed by atoms with van der Waals surface area (Å²) in [5.41, 5.74) is 0.315. The summed E-state index contributed by atoms with van der Waals surface area (Å²) < 4.78 is 0. The summed E-state index contributed by atoms with van der Waals surface area (Å²) in [4.78, 5) is 13.3. The van der Waals surface area contributed by atoms with E-state index in [9.17, 15) is 15.0 Å². The van der Waals surface area contributed by atoms with Crippen molar-refractivity contribution in [3.8, 4) is 0 Å². The lowest BCUT2D eigenvalue weighted by Crippen LogP contribution is -2.56. The second kappa shape index (κ2) is 8.84. The third-order valence-corrected chi connectivity index (χ3v) is 11.4. The van der Waals surface area contributed by atoms with E-state index in [1.54, 1.807) is 0 Å². The normalized spacial score (nSPS) is 45.0. The van der Waals surface area contributed by atoms with Crippen LogP contribution < -0.4 is 0 Å². The van der Waals surface area contributed by atoms with Gasteiger partial charge in [-0.1, -0.05) is 60.1 Å². The molecule has 0 radical (unpaired) electrons. The van der Waals surface area contributed by atoms with E-state index in [4.69, 9.17) is 0 Å². The van der Waals surface area contributed by atoms with Crippen LogP contribution in [0.15, 0.2) is 12.2 Å². The lowest BCUT2D eigenvalue weighted by molar-refractivity contribution is -0.151. The minimum Gasteiger partial charge on any atom is -0.390 e. The quantitative estimate of drug-likeness (QED) is 0.492. The first-order valence-electron chi connectivity index (χ1n) is 13.6. The van der Waals surface area contributed by atoms with Crippen molar-refractivity contribution >= 4 is 5.78 Å². The molecule has 32 heavy (non-hydrogen) atoms. The SMILES string of the molecule is CC[C@@H](C(C)C)[C@H](O)[C@@H](O)[C@@H](C)[C@H]1CC[C@H]2[C@@H]3CC(=O)[C@H]4CC=CC[C@]4(C)[C@H]3CC[C@]12C. The second-order valence-corrected chi connectivity index (χ2v) is 12.9. The lowest BCUT2D eigenvalue weighted by Gasteiger charge is -2.59. The highest BCUT2D eigenvalue weighted by Gasteiger charge is 2.62. The average molecular weight is 445 g/mol. The van der Waals surface area contributed by atoms with E-state index in [1.165, 1.54) is 19.3 Å². The molecule has 0 aliphatic heterocycles. The number of rotatable bonds is 6. The molecule has 4 rings (SSSR count). The molecule has 3 fully saturated rings. The Balaban J connectivity index is 1.55. The molecule has 0 bridgehead atoms. The van der Waals surface area contributed by atoms with Crippen molar-refractivity contribution in [3.63, 3.8) is 0 Å². The van der Waals surface area contributed by atoms with E-state index in [2.05, 4.69) is 53.7 Å². The number of carbonyl (C=O) groups excluding carboxylic acids is 1. The van der Waals surface area contributed by atoms with Gasteiger partial charge in [0.2, 0.25) is 0 Å². The number of ketones is 1. The average Bonchev–Trinajstić information content (AvgIpc) is 3.10. The van der Waals surface area contributed by atoms with Crippen molar-refractivity contribution in [2.75, 3.05) is 0 Å². The van der Waals surface area contributed by atoms with Gasteiger partial charge in [0.15, 0.2) is 0 Å². The van der Waals surface area contributed by atoms with E-state index < -0.39 is 12.2 Å². The van der Waals surface area contributed by atoms with Gasteiger partial charge in [-0.15, -0.1) is 0 Å². The third kappa shape index (κ3) is 3.65. The number of aliphatic hydroxyl groups is 2. The predicted molar refractivity (Wildman–Crippen MR) is 130 cm³/mol. The van der Waals surface area contributed by atoms with Crippen LogP contribution >= 0.6 is 0 Å². The molecule has 0 unspecified atom stereocenters. The molecule has 0 aromatic rings. The Bertz CT molecular complexity index is 728. The standard InChI is InChI=1S/C29H48O3/c1-7-19(17(2)3)27(32)26(31)18(4)21-11-12-22-20-16-25(30)24-10-8-9-14-28(24,5)23(20)13-15-29(21,22)6/h8-9,17-24,26-27,31-32H,7,10-16H2,1-6H3/t18-,19-,20-,21+,22-,23-,24+,26-,27-,28+,29+/m0/s1. The zero-order chi connectivity index (χ0) is 23.4. The maximum absolute atomic E-state index is 13.3. The molecule has 3 heteroatoms. The maximum Gasteiger partial charge on any atom is 0.137 e. The Morgan fingerprint density at radius 3 is 2.34 bits per heavy atom. The molecule has 0 amide bonds. The zero-order valence-electron chi connectivity index (χ0n) is 21.4. The number of fused-ring (bicyclic) bond motifs is 5. The van der Waals surface area contributed by atoms with Crippen LogP contribution in [-0.2, 0) is 4.79 Å². The number of aliphatic hydroxyl groups excluding tert-OH is 2. The largest absolute Gasteiger partial charge is 0.390 e. The van der Waals surface area contributed by atoms with Gasteiger partial charge in [0.25, 0.3) is 0 Å². The highest BCUT2D eigenvalue weighted by Crippen LogP contribution is 2.67. The smallest absolute Gasteiger partial charge is 0.137 e. The maximum atomic E-state index is 13.3. The summed E-state index contributed by atoms with van der Waals surface area (Å²) in [6, 6.07) is 0. The van der Waals surface area contributed by atoms with Gasteiger partial charge in [-0.05, 0) is 90.8 Å². The van der Waals surface area contributed by atoms with Gasteiger partial charge in [-0.25, -0.2) is 0 Å². The molecular weight excluding hydrogens is 396 g/mol. The molecule has 4 aliphatic rings. The Hall–Kier alpha value is -0.670. The lowest BCUT2D eigenvalue weighted by atomic mass is 9.45. The van der Waals surface area contributed by atoms with Crippen LogP contribution in [-0.4, -0.2) is 28.2 Å². The Labute approximate surface area is 196 Å². The summed E-state index contributed by atoms with van der Waals surface area (Å²) in [6.45, 7) is 13.5. The number of carbonyl (C=O) groups is 1. The van der Waals surface area contributed by atoms with Crippen molar-refractivity contribution in [3.05, 3.63) is 12.2 Å². The fourth-order valence-electron chi connectivity index (χ4n) is 9.47. The molecule has 0 heterocycles. The van der Waals surface area contributed by atoms with Gasteiger partial charge in [0.1, 0.15) is 5.78 Å². The molecule has 3 saturated carbocycles. The first-order valence-corrected chi connectivity index (χ1v) is 13.6. The zero-order valence-corrected chi connectivity index (χ0v) is 21.4. The minimum absolute atomic E-state index is 0.0876. The molecule has 2 N–H and O–H groups in total. The first-order chi connectivity index (χ1) is 15.1. The Morgan fingerprint density at radius 1 is 1.00 bits per heavy atom. The molecule has 0 saturated heterocycles. The number of allylic oxidation sites excluding steroid dienone is 2. The molecule has 0 aromatic carbocycles. The van der Waals surface area contributed by atoms with Crippen LogP contribution in [0.2, 0.25) is 0 Å². The number of Topliss-reactive ketones (excluding diaryl/α,β-unsaturated/α-hetero) is 1. The molecule has 11 atom stereocenters. The summed E-state index contributed by atoms with van der Waals surface area (Å²) in [7, 11) is 0. The molecule has 182 valence electrons. The molecule has 0 aromatic heterocycles. The van der Waals surface area contributed by atoms with Crippen LogP contribution in [0, 0.1) is 58.2 Å². The Kier molecular flexibility index (Phi) is 6.75. The van der Waals surface area contributed by atoms with Crippen molar-refractivity contribution < 1.29 is 15.0 Å². The van der Waals surface area contributed by atoms with Gasteiger partial charge in [0.05, 0.1) is 12.2 Å². The van der Waals surface area contributed by atoms with Gasteiger partial charge in [0, 0.05) is 12.3 Å². The van der Waals surface area contributed by atoms with Crippen LogP contribution in [0.5, 0.6) is 0 Å². The second-order valence-electron chi connectivity index (χ2n) is 12.9. The van der Waals surface area contributed by atoms with Gasteiger partial charge in [-0.3, -0.25) is 4.79 Å². The third-order valence-electron chi connectivity index (χ3n) is 11.4. The van der Waals surface area contributed by atoms with Crippen LogP contribution in [0.25, 0.3) is 0 Å². The fourth-order valence-corrected chi connectivity index (χ4v) is 9.47. The predicted octanol–water partition coefficient (Wildman–Crippen LogP) is 6.03. The summed E-state index contributed by atoms with van der Waals surface area (Å²) in [5.74, 6) is 3.50. The Morgan fingerprint density at radius 2 is 1.69 bits per heavy atom. The monoisotopic (exact) mass is 444 g/mol. The van der Waals surface area contributed by atoms with E-state index in [1.807, 2.05) is 0 Å². The van der Waals surface area contributed by atoms with E-state index in [-0.39, 0.29) is 28.6 Å². The summed E-state index contributed by atoms with van der Waals surface area (Å²) >= 11 is 0. The topological polar surface area (TPSA) is 57.5 Å². The minimum atomic E-state index is -0.668. The number of hydrogen-bond acceptors (Lipinski definition) is 3. The summed E-state index contributed by atoms with van der Waals surface area (Å²) in [5, 5.41) is 22.3.